The summed E-state index contributed by atoms with van der Waals surface area (Å²) in [5.74, 6) is 1.01. The summed E-state index contributed by atoms with van der Waals surface area (Å²) in [6, 6.07) is 8.10. The Morgan fingerprint density at radius 2 is 2.25 bits per heavy atom. The van der Waals surface area contributed by atoms with Crippen LogP contribution in [0.3, 0.4) is 0 Å². The molecule has 1 rings (SSSR count). The number of rotatable bonds is 2. The van der Waals surface area contributed by atoms with Gasteiger partial charge in [-0.25, -0.2) is 0 Å². The molecule has 0 heterocycles. The van der Waals surface area contributed by atoms with Gasteiger partial charge < -0.3 is 0 Å². The molecule has 0 aromatic heterocycles. The van der Waals surface area contributed by atoms with Crippen LogP contribution in [0.2, 0.25) is 0 Å². The van der Waals surface area contributed by atoms with Crippen LogP contribution in [0.4, 0.5) is 0 Å². The second-order valence-electron chi connectivity index (χ2n) is 2.54. The van der Waals surface area contributed by atoms with Gasteiger partial charge in [-0.2, -0.15) is 5.26 Å². The molecule has 0 saturated carbocycles. The monoisotopic (exact) mass is 177 g/mol. The van der Waals surface area contributed by atoms with Crippen molar-refractivity contribution < 1.29 is 0 Å². The zero-order valence-corrected chi connectivity index (χ0v) is 8.11. The van der Waals surface area contributed by atoms with Gasteiger partial charge in [0.1, 0.15) is 6.07 Å². The molecule has 0 aliphatic carbocycles. The molecule has 0 fully saturated rings. The van der Waals surface area contributed by atoms with Crippen molar-refractivity contribution in [1.82, 2.24) is 0 Å². The molecule has 0 bridgehead atoms. The first-order valence-corrected chi connectivity index (χ1v) is 4.90. The van der Waals surface area contributed by atoms with E-state index < -0.39 is 0 Å². The minimum atomic E-state index is 0.785. The van der Waals surface area contributed by atoms with Crippen molar-refractivity contribution in [3.8, 4) is 6.07 Å². The zero-order chi connectivity index (χ0) is 8.97. The number of aryl methyl sites for hydroxylation is 1. The van der Waals surface area contributed by atoms with Gasteiger partial charge in [-0.05, 0) is 30.4 Å². The Morgan fingerprint density at radius 1 is 1.50 bits per heavy atom. The molecule has 1 aromatic rings. The van der Waals surface area contributed by atoms with E-state index in [0.717, 1.165) is 16.2 Å². The van der Waals surface area contributed by atoms with E-state index in [4.69, 9.17) is 5.26 Å². The summed E-state index contributed by atoms with van der Waals surface area (Å²) in [5, 5.41) is 8.77. The number of nitrogens with zero attached hydrogens (tertiary/aromatic N) is 1. The van der Waals surface area contributed by atoms with Crippen molar-refractivity contribution in [2.45, 2.75) is 18.7 Å². The van der Waals surface area contributed by atoms with Crippen molar-refractivity contribution in [3.05, 3.63) is 29.3 Å². The average molecular weight is 177 g/mol. The lowest BCUT2D eigenvalue weighted by atomic mass is 10.2. The lowest BCUT2D eigenvalue weighted by Gasteiger charge is -2.01. The molecule has 0 aliphatic rings. The molecule has 0 radical (unpaired) electrons. The van der Waals surface area contributed by atoms with E-state index >= 15 is 0 Å². The highest BCUT2D eigenvalue weighted by Crippen LogP contribution is 2.22. The zero-order valence-electron chi connectivity index (χ0n) is 7.29. The van der Waals surface area contributed by atoms with Crippen molar-refractivity contribution in [2.75, 3.05) is 5.75 Å². The van der Waals surface area contributed by atoms with Crippen molar-refractivity contribution in [2.24, 2.45) is 0 Å². The maximum atomic E-state index is 8.77. The molecule has 0 atom stereocenters. The predicted octanol–water partition coefficient (Wildman–Crippen LogP) is 2.98. The third-order valence-corrected chi connectivity index (χ3v) is 2.49. The fourth-order valence-corrected chi connectivity index (χ4v) is 1.85. The number of thioether (sulfide) groups is 1. The first-order chi connectivity index (χ1) is 5.77. The third kappa shape index (κ3) is 2.02. The lowest BCUT2D eigenvalue weighted by molar-refractivity contribution is 1.31. The molecule has 2 heteroatoms. The number of hydrogen-bond acceptors (Lipinski definition) is 2. The van der Waals surface area contributed by atoms with Crippen LogP contribution in [0.25, 0.3) is 0 Å². The van der Waals surface area contributed by atoms with Gasteiger partial charge in [0.2, 0.25) is 0 Å². The van der Waals surface area contributed by atoms with Gasteiger partial charge in [0.05, 0.1) is 5.56 Å². The van der Waals surface area contributed by atoms with Gasteiger partial charge in [-0.15, -0.1) is 11.8 Å². The largest absolute Gasteiger partial charge is 0.192 e. The van der Waals surface area contributed by atoms with Gasteiger partial charge in [-0.3, -0.25) is 0 Å². The van der Waals surface area contributed by atoms with Crippen LogP contribution >= 0.6 is 11.8 Å². The second kappa shape index (κ2) is 4.18. The summed E-state index contributed by atoms with van der Waals surface area (Å²) in [4.78, 5) is 1.10. The van der Waals surface area contributed by atoms with Crippen LogP contribution in [0.5, 0.6) is 0 Å². The smallest absolute Gasteiger partial charge is 0.100 e. The van der Waals surface area contributed by atoms with Crippen LogP contribution in [0.15, 0.2) is 23.1 Å². The van der Waals surface area contributed by atoms with Crippen LogP contribution in [-0.2, 0) is 0 Å². The Bertz CT molecular complexity index is 312. The van der Waals surface area contributed by atoms with Gasteiger partial charge in [-0.1, -0.05) is 13.0 Å². The van der Waals surface area contributed by atoms with E-state index in [0.29, 0.717) is 0 Å². The molecule has 0 N–H and O–H groups in total. The molecular formula is C10H11NS. The Balaban J connectivity index is 3.06. The molecule has 0 saturated heterocycles. The maximum absolute atomic E-state index is 8.77. The van der Waals surface area contributed by atoms with E-state index in [-0.39, 0.29) is 0 Å². The molecule has 1 nitrogen and oxygen atoms in total. The molecular weight excluding hydrogens is 166 g/mol. The standard InChI is InChI=1S/C10H11NS/c1-3-12-10-6-8(2)4-5-9(10)7-11/h4-6H,3H2,1-2H3. The summed E-state index contributed by atoms with van der Waals surface area (Å²) < 4.78 is 0. The summed E-state index contributed by atoms with van der Waals surface area (Å²) in [5.41, 5.74) is 2.00. The van der Waals surface area contributed by atoms with Crippen molar-refractivity contribution in [1.29, 1.82) is 5.26 Å². The Kier molecular flexibility index (Phi) is 3.19. The Hall–Kier alpha value is -0.940. The molecule has 0 spiro atoms. The molecule has 0 amide bonds. The van der Waals surface area contributed by atoms with Crippen molar-refractivity contribution in [3.63, 3.8) is 0 Å². The first-order valence-electron chi connectivity index (χ1n) is 3.91. The molecule has 12 heavy (non-hydrogen) atoms. The number of benzene rings is 1. The Labute approximate surface area is 77.4 Å². The minimum Gasteiger partial charge on any atom is -0.192 e. The second-order valence-corrected chi connectivity index (χ2v) is 3.85. The van der Waals surface area contributed by atoms with E-state index in [2.05, 4.69) is 19.1 Å². The van der Waals surface area contributed by atoms with Gasteiger partial charge in [0.25, 0.3) is 0 Å². The summed E-state index contributed by atoms with van der Waals surface area (Å²) >= 11 is 1.72. The van der Waals surface area contributed by atoms with Crippen LogP contribution in [0.1, 0.15) is 18.1 Å². The number of nitriles is 1. The quantitative estimate of drug-likeness (QED) is 0.648. The van der Waals surface area contributed by atoms with E-state index in [1.807, 2.05) is 19.1 Å². The average Bonchev–Trinajstić information content (AvgIpc) is 2.05. The normalized spacial score (nSPS) is 9.42. The highest BCUT2D eigenvalue weighted by molar-refractivity contribution is 7.99. The van der Waals surface area contributed by atoms with Crippen molar-refractivity contribution >= 4 is 11.8 Å². The van der Waals surface area contributed by atoms with E-state index in [1.54, 1.807) is 11.8 Å². The van der Waals surface area contributed by atoms with Crippen LogP contribution in [-0.4, -0.2) is 5.75 Å². The molecule has 62 valence electrons. The summed E-state index contributed by atoms with van der Waals surface area (Å²) in [7, 11) is 0. The topological polar surface area (TPSA) is 23.8 Å². The molecule has 1 aromatic carbocycles. The summed E-state index contributed by atoms with van der Waals surface area (Å²) in [6.45, 7) is 4.13. The minimum absolute atomic E-state index is 0.785. The highest BCUT2D eigenvalue weighted by atomic mass is 32.2. The SMILES string of the molecule is CCSc1cc(C)ccc1C#N. The Morgan fingerprint density at radius 3 is 2.83 bits per heavy atom. The fraction of sp³-hybridized carbons (Fsp3) is 0.300. The van der Waals surface area contributed by atoms with E-state index in [1.165, 1.54) is 5.56 Å². The van der Waals surface area contributed by atoms with Gasteiger partial charge in [0.15, 0.2) is 0 Å². The van der Waals surface area contributed by atoms with Gasteiger partial charge >= 0.3 is 0 Å². The highest BCUT2D eigenvalue weighted by Gasteiger charge is 2.00. The maximum Gasteiger partial charge on any atom is 0.100 e. The number of hydrogen-bond donors (Lipinski definition) is 0. The molecule has 0 aliphatic heterocycles. The van der Waals surface area contributed by atoms with Gasteiger partial charge in [0, 0.05) is 4.90 Å². The predicted molar refractivity (Wildman–Crippen MR) is 52.3 cm³/mol. The third-order valence-electron chi connectivity index (χ3n) is 1.56. The fourth-order valence-electron chi connectivity index (χ4n) is 0.997. The van der Waals surface area contributed by atoms with E-state index in [9.17, 15) is 0 Å². The van der Waals surface area contributed by atoms with Crippen LogP contribution < -0.4 is 0 Å². The first kappa shape index (κ1) is 9.15. The van der Waals surface area contributed by atoms with Crippen LogP contribution in [0, 0.1) is 18.3 Å². The lowest BCUT2D eigenvalue weighted by Crippen LogP contribution is -1.82. The summed E-state index contributed by atoms with van der Waals surface area (Å²) in [6.07, 6.45) is 0. The molecule has 0 unspecified atom stereocenters.